The first-order chi connectivity index (χ1) is 13.7. The molecule has 1 amide bonds. The number of para-hydroxylation sites is 2. The number of benzene rings is 2. The lowest BCUT2D eigenvalue weighted by molar-refractivity contribution is 0.0649. The number of rotatable bonds is 6. The highest BCUT2D eigenvalue weighted by molar-refractivity contribution is 6.01. The lowest BCUT2D eigenvalue weighted by atomic mass is 10.0. The summed E-state index contributed by atoms with van der Waals surface area (Å²) in [5.41, 5.74) is 2.24. The second-order valence-corrected chi connectivity index (χ2v) is 6.42. The van der Waals surface area contributed by atoms with Crippen LogP contribution in [0.1, 0.15) is 34.8 Å². The summed E-state index contributed by atoms with van der Waals surface area (Å²) in [5.74, 6) is 1.89. The number of amides is 1. The van der Waals surface area contributed by atoms with Crippen molar-refractivity contribution in [1.29, 1.82) is 0 Å². The van der Waals surface area contributed by atoms with E-state index in [4.69, 9.17) is 13.9 Å². The van der Waals surface area contributed by atoms with Crippen LogP contribution in [-0.4, -0.2) is 24.5 Å². The predicted molar refractivity (Wildman–Crippen MR) is 106 cm³/mol. The number of nitrogens with zero attached hydrogens (tertiary/aromatic N) is 1. The molecule has 0 aliphatic carbocycles. The Morgan fingerprint density at radius 2 is 1.96 bits per heavy atom. The molecule has 0 spiro atoms. The van der Waals surface area contributed by atoms with E-state index in [9.17, 15) is 4.79 Å². The minimum Gasteiger partial charge on any atom is -0.492 e. The minimum atomic E-state index is -0.428. The molecule has 4 rings (SSSR count). The van der Waals surface area contributed by atoms with E-state index in [1.165, 1.54) is 0 Å². The highest BCUT2D eigenvalue weighted by Gasteiger charge is 2.35. The van der Waals surface area contributed by atoms with Crippen molar-refractivity contribution >= 4 is 11.6 Å². The van der Waals surface area contributed by atoms with Crippen LogP contribution in [0.25, 0.3) is 0 Å². The fraction of sp³-hybridized carbons (Fsp3) is 0.227. The number of carbonyl (C=O) groups is 1. The van der Waals surface area contributed by atoms with E-state index in [2.05, 4.69) is 5.32 Å². The van der Waals surface area contributed by atoms with Crippen LogP contribution in [-0.2, 0) is 6.54 Å². The van der Waals surface area contributed by atoms with Crippen molar-refractivity contribution in [3.8, 4) is 11.5 Å². The van der Waals surface area contributed by atoms with Gasteiger partial charge >= 0.3 is 0 Å². The van der Waals surface area contributed by atoms with Crippen molar-refractivity contribution in [2.45, 2.75) is 19.6 Å². The zero-order valence-corrected chi connectivity index (χ0v) is 15.8. The van der Waals surface area contributed by atoms with Gasteiger partial charge in [-0.2, -0.15) is 0 Å². The molecule has 1 atom stereocenters. The first-order valence-electron chi connectivity index (χ1n) is 9.21. The van der Waals surface area contributed by atoms with Gasteiger partial charge in [0.25, 0.3) is 5.91 Å². The number of furan rings is 1. The number of nitrogens with one attached hydrogen (secondary N) is 1. The molecule has 0 fully saturated rings. The molecule has 0 unspecified atom stereocenters. The van der Waals surface area contributed by atoms with Crippen molar-refractivity contribution in [3.05, 3.63) is 77.7 Å². The van der Waals surface area contributed by atoms with Gasteiger partial charge in [0.1, 0.15) is 11.9 Å². The SMILES string of the molecule is CCOc1cccc([C@H]2Nc3ccccc3C(=O)N2Cc2ccco2)c1OC. The first kappa shape index (κ1) is 18.0. The van der Waals surface area contributed by atoms with Crippen LogP contribution in [0.3, 0.4) is 0 Å². The molecule has 3 aromatic rings. The summed E-state index contributed by atoms with van der Waals surface area (Å²) in [6, 6.07) is 16.9. The molecule has 2 heterocycles. The number of anilines is 1. The molecule has 28 heavy (non-hydrogen) atoms. The van der Waals surface area contributed by atoms with Crippen LogP contribution in [0.15, 0.2) is 65.3 Å². The van der Waals surface area contributed by atoms with Gasteiger partial charge in [-0.1, -0.05) is 24.3 Å². The lowest BCUT2D eigenvalue weighted by Gasteiger charge is -2.38. The van der Waals surface area contributed by atoms with Gasteiger partial charge in [0.05, 0.1) is 32.1 Å². The number of hydrogen-bond acceptors (Lipinski definition) is 5. The van der Waals surface area contributed by atoms with Crippen LogP contribution in [0.2, 0.25) is 0 Å². The van der Waals surface area contributed by atoms with Crippen LogP contribution in [0, 0.1) is 0 Å². The Morgan fingerprint density at radius 1 is 1.11 bits per heavy atom. The zero-order valence-electron chi connectivity index (χ0n) is 15.8. The van der Waals surface area contributed by atoms with Gasteiger partial charge in [-0.05, 0) is 37.3 Å². The van der Waals surface area contributed by atoms with Crippen molar-refractivity contribution in [2.24, 2.45) is 0 Å². The fourth-order valence-electron chi connectivity index (χ4n) is 3.51. The maximum atomic E-state index is 13.3. The second kappa shape index (κ2) is 7.68. The largest absolute Gasteiger partial charge is 0.492 e. The molecule has 6 nitrogen and oxygen atoms in total. The van der Waals surface area contributed by atoms with Crippen LogP contribution in [0.4, 0.5) is 5.69 Å². The van der Waals surface area contributed by atoms with E-state index in [1.54, 1.807) is 18.3 Å². The Labute approximate surface area is 163 Å². The Balaban J connectivity index is 1.81. The topological polar surface area (TPSA) is 63.9 Å². The van der Waals surface area contributed by atoms with E-state index in [0.29, 0.717) is 36.0 Å². The maximum Gasteiger partial charge on any atom is 0.258 e. The summed E-state index contributed by atoms with van der Waals surface area (Å²) in [6.07, 6.45) is 1.18. The molecule has 6 heteroatoms. The van der Waals surface area contributed by atoms with E-state index >= 15 is 0 Å². The summed E-state index contributed by atoms with van der Waals surface area (Å²) in [7, 11) is 1.61. The zero-order chi connectivity index (χ0) is 19.5. The average molecular weight is 378 g/mol. The highest BCUT2D eigenvalue weighted by atomic mass is 16.5. The Bertz CT molecular complexity index is 968. The minimum absolute atomic E-state index is 0.0698. The number of ether oxygens (including phenoxy) is 2. The molecule has 1 N–H and O–H groups in total. The molecular weight excluding hydrogens is 356 g/mol. The van der Waals surface area contributed by atoms with Crippen LogP contribution < -0.4 is 14.8 Å². The highest BCUT2D eigenvalue weighted by Crippen LogP contribution is 2.41. The number of fused-ring (bicyclic) bond motifs is 1. The third kappa shape index (κ3) is 3.17. The summed E-state index contributed by atoms with van der Waals surface area (Å²) >= 11 is 0. The molecule has 0 bridgehead atoms. The summed E-state index contributed by atoms with van der Waals surface area (Å²) in [6.45, 7) is 2.78. The molecule has 2 aromatic carbocycles. The number of hydrogen-bond donors (Lipinski definition) is 1. The summed E-state index contributed by atoms with van der Waals surface area (Å²) in [5, 5.41) is 3.48. The molecule has 1 aliphatic heterocycles. The monoisotopic (exact) mass is 378 g/mol. The predicted octanol–water partition coefficient (Wildman–Crippen LogP) is 4.45. The van der Waals surface area contributed by atoms with Gasteiger partial charge in [-0.25, -0.2) is 0 Å². The van der Waals surface area contributed by atoms with E-state index < -0.39 is 6.17 Å². The standard InChI is InChI=1S/C22H22N2O4/c1-3-27-19-12-6-10-17(20(19)26-2)21-23-18-11-5-4-9-16(18)22(25)24(21)14-15-8-7-13-28-15/h4-13,21,23H,3,14H2,1-2H3/t21-/m0/s1. The Kier molecular flexibility index (Phi) is 4.93. The van der Waals surface area contributed by atoms with E-state index in [-0.39, 0.29) is 5.91 Å². The third-order valence-corrected chi connectivity index (χ3v) is 4.74. The molecule has 1 aliphatic rings. The smallest absolute Gasteiger partial charge is 0.258 e. The van der Waals surface area contributed by atoms with Gasteiger partial charge in [0.2, 0.25) is 0 Å². The van der Waals surface area contributed by atoms with Crippen molar-refractivity contribution < 1.29 is 18.7 Å². The molecule has 144 valence electrons. The first-order valence-corrected chi connectivity index (χ1v) is 9.21. The van der Waals surface area contributed by atoms with Crippen LogP contribution >= 0.6 is 0 Å². The second-order valence-electron chi connectivity index (χ2n) is 6.42. The normalized spacial score (nSPS) is 15.7. The number of methoxy groups -OCH3 is 1. The van der Waals surface area contributed by atoms with E-state index in [0.717, 1.165) is 11.3 Å². The van der Waals surface area contributed by atoms with Gasteiger partial charge in [-0.15, -0.1) is 0 Å². The maximum absolute atomic E-state index is 13.3. The number of carbonyl (C=O) groups excluding carboxylic acids is 1. The summed E-state index contributed by atoms with van der Waals surface area (Å²) in [4.78, 5) is 15.1. The average Bonchev–Trinajstić information content (AvgIpc) is 3.23. The van der Waals surface area contributed by atoms with Crippen molar-refractivity contribution in [2.75, 3.05) is 19.0 Å². The quantitative estimate of drug-likeness (QED) is 0.686. The van der Waals surface area contributed by atoms with Gasteiger partial charge in [0, 0.05) is 11.3 Å². The summed E-state index contributed by atoms with van der Waals surface area (Å²) < 4.78 is 16.9. The van der Waals surface area contributed by atoms with E-state index in [1.807, 2.05) is 61.5 Å². The molecule has 1 aromatic heterocycles. The van der Waals surface area contributed by atoms with Gasteiger partial charge in [0.15, 0.2) is 11.5 Å². The molecule has 0 saturated carbocycles. The Hall–Kier alpha value is -3.41. The van der Waals surface area contributed by atoms with Gasteiger partial charge in [-0.3, -0.25) is 4.79 Å². The molecule has 0 saturated heterocycles. The van der Waals surface area contributed by atoms with Crippen molar-refractivity contribution in [3.63, 3.8) is 0 Å². The lowest BCUT2D eigenvalue weighted by Crippen LogP contribution is -2.42. The third-order valence-electron chi connectivity index (χ3n) is 4.74. The van der Waals surface area contributed by atoms with Crippen molar-refractivity contribution in [1.82, 2.24) is 4.90 Å². The molecule has 0 radical (unpaired) electrons. The van der Waals surface area contributed by atoms with Gasteiger partial charge < -0.3 is 24.1 Å². The Morgan fingerprint density at radius 3 is 2.71 bits per heavy atom. The molecular formula is C22H22N2O4. The fourth-order valence-corrected chi connectivity index (χ4v) is 3.51. The van der Waals surface area contributed by atoms with Crippen LogP contribution in [0.5, 0.6) is 11.5 Å².